The van der Waals surface area contributed by atoms with Crippen molar-refractivity contribution in [3.05, 3.63) is 65.1 Å². The zero-order valence-electron chi connectivity index (χ0n) is 20.6. The summed E-state index contributed by atoms with van der Waals surface area (Å²) in [6.07, 6.45) is 1.14. The molecule has 2 amide bonds. The highest BCUT2D eigenvalue weighted by Gasteiger charge is 2.36. The monoisotopic (exact) mass is 515 g/mol. The number of nitrogens with zero attached hydrogens (tertiary/aromatic N) is 1. The smallest absolute Gasteiger partial charge is 0.405 e. The molecule has 2 aromatic carbocycles. The van der Waals surface area contributed by atoms with Gasteiger partial charge in [-0.05, 0) is 56.9 Å². The lowest BCUT2D eigenvalue weighted by Crippen LogP contribution is -2.32. The second-order valence-electron chi connectivity index (χ2n) is 9.17. The number of hydrogen-bond donors (Lipinski definition) is 2. The van der Waals surface area contributed by atoms with Crippen LogP contribution in [0.4, 0.5) is 13.6 Å². The highest BCUT2D eigenvalue weighted by molar-refractivity contribution is 5.94. The summed E-state index contributed by atoms with van der Waals surface area (Å²) < 4.78 is 49.6. The Balaban J connectivity index is 1.66. The Morgan fingerprint density at radius 1 is 1.16 bits per heavy atom. The van der Waals surface area contributed by atoms with Crippen molar-refractivity contribution in [3.8, 4) is 23.0 Å². The molecule has 9 nitrogen and oxygen atoms in total. The van der Waals surface area contributed by atoms with Gasteiger partial charge in [0.1, 0.15) is 11.6 Å². The van der Waals surface area contributed by atoms with E-state index in [1.165, 1.54) is 27.0 Å². The van der Waals surface area contributed by atoms with Crippen LogP contribution in [-0.2, 0) is 16.9 Å². The minimum Gasteiger partial charge on any atom is -0.493 e. The Kier molecular flexibility index (Phi) is 7.33. The molecule has 1 heterocycles. The molecule has 37 heavy (non-hydrogen) atoms. The third-order valence-corrected chi connectivity index (χ3v) is 5.78. The van der Waals surface area contributed by atoms with Gasteiger partial charge in [-0.3, -0.25) is 4.79 Å². The number of hydrogen-bond acceptors (Lipinski definition) is 7. The number of methoxy groups -OCH3 is 1. The predicted molar refractivity (Wildman–Crippen MR) is 128 cm³/mol. The van der Waals surface area contributed by atoms with E-state index in [9.17, 15) is 18.4 Å². The number of nitrogens with two attached hydrogens (primary N) is 1. The van der Waals surface area contributed by atoms with E-state index in [1.54, 1.807) is 18.2 Å². The van der Waals surface area contributed by atoms with Crippen LogP contribution in [0.1, 0.15) is 48.5 Å². The number of primary amides is 1. The van der Waals surface area contributed by atoms with Crippen LogP contribution in [0.25, 0.3) is 11.5 Å². The summed E-state index contributed by atoms with van der Waals surface area (Å²) in [5.74, 6) is -0.784. The van der Waals surface area contributed by atoms with Crippen molar-refractivity contribution >= 4 is 12.0 Å². The van der Waals surface area contributed by atoms with Crippen molar-refractivity contribution in [2.75, 3.05) is 13.7 Å². The lowest BCUT2D eigenvalue weighted by Gasteiger charge is -2.22. The molecule has 196 valence electrons. The Hall–Kier alpha value is -4.15. The van der Waals surface area contributed by atoms with Crippen molar-refractivity contribution < 1.29 is 37.0 Å². The van der Waals surface area contributed by atoms with Crippen molar-refractivity contribution in [3.63, 3.8) is 0 Å². The van der Waals surface area contributed by atoms with Crippen LogP contribution in [0.2, 0.25) is 0 Å². The second kappa shape index (κ2) is 10.5. The number of halogens is 2. The molecular formula is C26H27F2N3O6. The molecule has 11 heteroatoms. The number of oxazole rings is 1. The Morgan fingerprint density at radius 2 is 1.92 bits per heavy atom. The number of carbonyl (C=O) groups excluding carboxylic acids is 2. The number of benzene rings is 2. The van der Waals surface area contributed by atoms with Crippen molar-refractivity contribution in [2.24, 2.45) is 11.7 Å². The molecule has 1 saturated carbocycles. The standard InChI is InChI=1S/C26H27F2N3O6/c1-26(2,37-25(29)33)22-21(23(32)30-12-16-6-8-17(27)11-18(16)28)31-24(36-22)15-7-9-19(34-3)20(10-15)35-13-14-4-5-14/h6-11,14H,4-5,12-13H2,1-3H3,(H2,29,33)(H,30,32). The maximum atomic E-state index is 14.0. The fourth-order valence-electron chi connectivity index (χ4n) is 3.64. The molecule has 0 spiro atoms. The van der Waals surface area contributed by atoms with Crippen LogP contribution >= 0.6 is 0 Å². The van der Waals surface area contributed by atoms with Gasteiger partial charge in [-0.25, -0.2) is 18.6 Å². The van der Waals surface area contributed by atoms with Crippen LogP contribution in [-0.4, -0.2) is 30.7 Å². The number of amides is 2. The molecule has 4 rings (SSSR count). The molecule has 1 fully saturated rings. The third kappa shape index (κ3) is 6.16. The Morgan fingerprint density at radius 3 is 2.57 bits per heavy atom. The van der Waals surface area contributed by atoms with Crippen LogP contribution in [0.15, 0.2) is 40.8 Å². The fraction of sp³-hybridized carbons (Fsp3) is 0.346. The van der Waals surface area contributed by atoms with E-state index < -0.39 is 29.2 Å². The van der Waals surface area contributed by atoms with Gasteiger partial charge in [0.2, 0.25) is 5.89 Å². The summed E-state index contributed by atoms with van der Waals surface area (Å²) in [6, 6.07) is 8.06. The van der Waals surface area contributed by atoms with Gasteiger partial charge in [0.05, 0.1) is 13.7 Å². The SMILES string of the molecule is COc1ccc(-c2nc(C(=O)NCc3ccc(F)cc3F)c(C(C)(C)OC(N)=O)o2)cc1OCC1CC1. The van der Waals surface area contributed by atoms with Crippen LogP contribution in [0.5, 0.6) is 11.5 Å². The number of ether oxygens (including phenoxy) is 3. The molecule has 0 unspecified atom stereocenters. The van der Waals surface area contributed by atoms with Crippen molar-refractivity contribution in [1.29, 1.82) is 0 Å². The van der Waals surface area contributed by atoms with E-state index in [0.29, 0.717) is 29.6 Å². The van der Waals surface area contributed by atoms with E-state index in [2.05, 4.69) is 10.3 Å². The van der Waals surface area contributed by atoms with Gasteiger partial charge in [-0.1, -0.05) is 6.07 Å². The lowest BCUT2D eigenvalue weighted by molar-refractivity contribution is 0.0257. The molecule has 1 aliphatic rings. The summed E-state index contributed by atoms with van der Waals surface area (Å²) in [4.78, 5) is 28.9. The van der Waals surface area contributed by atoms with Gasteiger partial charge in [-0.15, -0.1) is 0 Å². The highest BCUT2D eigenvalue weighted by atomic mass is 19.1. The van der Waals surface area contributed by atoms with E-state index in [0.717, 1.165) is 25.0 Å². The molecule has 0 aliphatic heterocycles. The summed E-state index contributed by atoms with van der Waals surface area (Å²) in [5.41, 5.74) is 4.10. The van der Waals surface area contributed by atoms with E-state index in [1.807, 2.05) is 0 Å². The topological polar surface area (TPSA) is 126 Å². The van der Waals surface area contributed by atoms with Crippen LogP contribution in [0, 0.1) is 17.6 Å². The first-order chi connectivity index (χ1) is 17.6. The fourth-order valence-corrected chi connectivity index (χ4v) is 3.64. The summed E-state index contributed by atoms with van der Waals surface area (Å²) in [5, 5.41) is 2.54. The lowest BCUT2D eigenvalue weighted by atomic mass is 10.0. The van der Waals surface area contributed by atoms with Gasteiger partial charge >= 0.3 is 6.09 Å². The van der Waals surface area contributed by atoms with E-state index in [-0.39, 0.29) is 29.5 Å². The van der Waals surface area contributed by atoms with Crippen LogP contribution < -0.4 is 20.5 Å². The van der Waals surface area contributed by atoms with E-state index >= 15 is 0 Å². The van der Waals surface area contributed by atoms with E-state index in [4.69, 9.17) is 24.4 Å². The van der Waals surface area contributed by atoms with Crippen molar-refractivity contribution in [2.45, 2.75) is 38.8 Å². The molecule has 3 N–H and O–H groups in total. The number of nitrogens with one attached hydrogen (secondary N) is 1. The minimum atomic E-state index is -1.47. The maximum Gasteiger partial charge on any atom is 0.405 e. The largest absolute Gasteiger partial charge is 0.493 e. The van der Waals surface area contributed by atoms with Crippen molar-refractivity contribution in [1.82, 2.24) is 10.3 Å². The molecule has 1 aliphatic carbocycles. The number of carbonyl (C=O) groups is 2. The molecular weight excluding hydrogens is 488 g/mol. The van der Waals surface area contributed by atoms with Gasteiger partial charge < -0.3 is 29.7 Å². The molecule has 0 radical (unpaired) electrons. The second-order valence-corrected chi connectivity index (χ2v) is 9.17. The molecule has 0 bridgehead atoms. The average molecular weight is 516 g/mol. The molecule has 0 saturated heterocycles. The predicted octanol–water partition coefficient (Wildman–Crippen LogP) is 4.68. The molecule has 0 atom stereocenters. The van der Waals surface area contributed by atoms with Crippen LogP contribution in [0.3, 0.4) is 0 Å². The quantitative estimate of drug-likeness (QED) is 0.402. The highest BCUT2D eigenvalue weighted by Crippen LogP contribution is 2.37. The first kappa shape index (κ1) is 25.9. The van der Waals surface area contributed by atoms with Gasteiger partial charge in [-0.2, -0.15) is 0 Å². The summed E-state index contributed by atoms with van der Waals surface area (Å²) in [7, 11) is 1.53. The zero-order valence-corrected chi connectivity index (χ0v) is 20.6. The molecule has 1 aromatic heterocycles. The zero-order chi connectivity index (χ0) is 26.7. The summed E-state index contributed by atoms with van der Waals surface area (Å²) in [6.45, 7) is 3.27. The van der Waals surface area contributed by atoms with Gasteiger partial charge in [0, 0.05) is 23.7 Å². The Labute approximate surface area is 211 Å². The average Bonchev–Trinajstić information content (AvgIpc) is 3.55. The normalized spacial score (nSPS) is 13.2. The van der Waals surface area contributed by atoms with Gasteiger partial charge in [0.25, 0.3) is 5.91 Å². The number of rotatable bonds is 10. The summed E-state index contributed by atoms with van der Waals surface area (Å²) >= 11 is 0. The maximum absolute atomic E-state index is 14.0. The molecule has 3 aromatic rings. The first-order valence-corrected chi connectivity index (χ1v) is 11.6. The third-order valence-electron chi connectivity index (χ3n) is 5.78. The minimum absolute atomic E-state index is 0.0492. The number of aromatic nitrogens is 1. The van der Waals surface area contributed by atoms with Gasteiger partial charge in [0.15, 0.2) is 28.6 Å². The Bertz CT molecular complexity index is 1320. The first-order valence-electron chi connectivity index (χ1n) is 11.6.